The molecule has 0 aliphatic rings. The Hall–Kier alpha value is -1.65. The third-order valence-corrected chi connectivity index (χ3v) is 1.71. The third-order valence-electron chi connectivity index (χ3n) is 1.71. The summed E-state index contributed by atoms with van der Waals surface area (Å²) < 4.78 is 44.4. The molecule has 0 fully saturated rings. The van der Waals surface area contributed by atoms with Crippen molar-refractivity contribution in [1.29, 1.82) is 0 Å². The number of hydrogen-bond acceptors (Lipinski definition) is 2. The van der Waals surface area contributed by atoms with Gasteiger partial charge in [0.1, 0.15) is 12.0 Å². The van der Waals surface area contributed by atoms with Crippen LogP contribution in [0.2, 0.25) is 0 Å². The van der Waals surface area contributed by atoms with Gasteiger partial charge in [-0.25, -0.2) is 0 Å². The summed E-state index contributed by atoms with van der Waals surface area (Å²) in [6.45, 7) is 0. The smallest absolute Gasteiger partial charge is 0.471 e. The molecule has 0 aliphatic carbocycles. The molecule has 2 aromatic rings. The van der Waals surface area contributed by atoms with E-state index in [0.29, 0.717) is 10.8 Å². The minimum absolute atomic E-state index is 0.247. The normalized spacial score (nSPS) is 11.9. The van der Waals surface area contributed by atoms with Gasteiger partial charge in [-0.1, -0.05) is 12.1 Å². The Morgan fingerprint density at radius 2 is 1.93 bits per heavy atom. The molecule has 2 rings (SSSR count). The van der Waals surface area contributed by atoms with Gasteiger partial charge >= 0.3 is 6.36 Å². The SMILES string of the molecule is FC(F)(F)Oc1cccc2cocc12. The van der Waals surface area contributed by atoms with Crippen molar-refractivity contribution in [1.82, 2.24) is 0 Å². The molecular formula is C9H5F3O2. The van der Waals surface area contributed by atoms with Crippen molar-refractivity contribution in [3.05, 3.63) is 30.7 Å². The highest BCUT2D eigenvalue weighted by atomic mass is 19.4. The minimum Gasteiger partial charge on any atom is -0.471 e. The van der Waals surface area contributed by atoms with Gasteiger partial charge in [0, 0.05) is 5.39 Å². The molecular weight excluding hydrogens is 197 g/mol. The predicted molar refractivity (Wildman–Crippen MR) is 42.9 cm³/mol. The van der Waals surface area contributed by atoms with Crippen LogP contribution in [0, 0.1) is 0 Å². The fourth-order valence-electron chi connectivity index (χ4n) is 1.18. The third kappa shape index (κ3) is 1.66. The number of furan rings is 1. The lowest BCUT2D eigenvalue weighted by Gasteiger charge is -2.08. The Labute approximate surface area is 76.9 Å². The van der Waals surface area contributed by atoms with E-state index in [1.807, 2.05) is 0 Å². The fraction of sp³-hybridized carbons (Fsp3) is 0.111. The van der Waals surface area contributed by atoms with E-state index in [4.69, 9.17) is 4.42 Å². The van der Waals surface area contributed by atoms with Gasteiger partial charge in [-0.15, -0.1) is 13.2 Å². The van der Waals surface area contributed by atoms with E-state index >= 15 is 0 Å². The zero-order valence-electron chi connectivity index (χ0n) is 6.84. The number of rotatable bonds is 1. The molecule has 1 aromatic carbocycles. The molecule has 0 spiro atoms. The Morgan fingerprint density at radius 3 is 2.64 bits per heavy atom. The second-order valence-electron chi connectivity index (χ2n) is 2.68. The van der Waals surface area contributed by atoms with Gasteiger partial charge in [0.25, 0.3) is 0 Å². The van der Waals surface area contributed by atoms with Crippen molar-refractivity contribution in [2.75, 3.05) is 0 Å². The van der Waals surface area contributed by atoms with E-state index in [1.54, 1.807) is 6.07 Å². The van der Waals surface area contributed by atoms with Crippen molar-refractivity contribution in [3.63, 3.8) is 0 Å². The summed E-state index contributed by atoms with van der Waals surface area (Å²) in [5.41, 5.74) is 0. The van der Waals surface area contributed by atoms with Crippen LogP contribution in [0.5, 0.6) is 5.75 Å². The Balaban J connectivity index is 2.46. The lowest BCUT2D eigenvalue weighted by atomic mass is 10.2. The number of ether oxygens (including phenoxy) is 1. The van der Waals surface area contributed by atoms with Gasteiger partial charge < -0.3 is 9.15 Å². The molecule has 0 radical (unpaired) electrons. The lowest BCUT2D eigenvalue weighted by molar-refractivity contribution is -0.274. The lowest BCUT2D eigenvalue weighted by Crippen LogP contribution is -2.17. The van der Waals surface area contributed by atoms with Crippen LogP contribution in [-0.4, -0.2) is 6.36 Å². The van der Waals surface area contributed by atoms with Crippen LogP contribution in [-0.2, 0) is 0 Å². The first-order valence-electron chi connectivity index (χ1n) is 3.77. The average Bonchev–Trinajstić information content (AvgIpc) is 2.49. The summed E-state index contributed by atoms with van der Waals surface area (Å²) in [4.78, 5) is 0. The Bertz CT molecular complexity index is 444. The molecule has 0 saturated heterocycles. The molecule has 74 valence electrons. The summed E-state index contributed by atoms with van der Waals surface area (Å²) in [6.07, 6.45) is -2.10. The van der Waals surface area contributed by atoms with Crippen molar-refractivity contribution in [2.45, 2.75) is 6.36 Å². The number of fused-ring (bicyclic) bond motifs is 1. The summed E-state index contributed by atoms with van der Waals surface area (Å²) in [7, 11) is 0. The second kappa shape index (κ2) is 2.94. The molecule has 0 amide bonds. The first-order chi connectivity index (χ1) is 6.56. The monoisotopic (exact) mass is 202 g/mol. The summed E-state index contributed by atoms with van der Waals surface area (Å²) in [5.74, 6) is -0.247. The molecule has 14 heavy (non-hydrogen) atoms. The van der Waals surface area contributed by atoms with Gasteiger partial charge in [-0.05, 0) is 6.07 Å². The number of halogens is 3. The molecule has 0 unspecified atom stereocenters. The zero-order valence-corrected chi connectivity index (χ0v) is 6.84. The van der Waals surface area contributed by atoms with Crippen LogP contribution >= 0.6 is 0 Å². The quantitative estimate of drug-likeness (QED) is 0.707. The average molecular weight is 202 g/mol. The molecule has 0 N–H and O–H groups in total. The maximum atomic E-state index is 11.9. The van der Waals surface area contributed by atoms with Crippen LogP contribution in [0.3, 0.4) is 0 Å². The highest BCUT2D eigenvalue weighted by Crippen LogP contribution is 2.30. The van der Waals surface area contributed by atoms with Crippen LogP contribution in [0.1, 0.15) is 0 Å². The van der Waals surface area contributed by atoms with E-state index in [-0.39, 0.29) is 5.75 Å². The van der Waals surface area contributed by atoms with Crippen molar-refractivity contribution >= 4 is 10.8 Å². The van der Waals surface area contributed by atoms with Gasteiger partial charge in [-0.3, -0.25) is 0 Å². The fourth-order valence-corrected chi connectivity index (χ4v) is 1.18. The van der Waals surface area contributed by atoms with E-state index in [0.717, 1.165) is 0 Å². The van der Waals surface area contributed by atoms with Crippen LogP contribution in [0.4, 0.5) is 13.2 Å². The molecule has 1 heterocycles. The first-order valence-corrected chi connectivity index (χ1v) is 3.77. The van der Waals surface area contributed by atoms with Crippen molar-refractivity contribution < 1.29 is 22.3 Å². The largest absolute Gasteiger partial charge is 0.573 e. The Kier molecular flexibility index (Phi) is 1.87. The highest BCUT2D eigenvalue weighted by molar-refractivity contribution is 5.87. The van der Waals surface area contributed by atoms with Crippen LogP contribution in [0.15, 0.2) is 35.1 Å². The molecule has 1 aromatic heterocycles. The summed E-state index contributed by atoms with van der Waals surface area (Å²) in [6, 6.07) is 4.35. The summed E-state index contributed by atoms with van der Waals surface area (Å²) >= 11 is 0. The van der Waals surface area contributed by atoms with Gasteiger partial charge in [-0.2, -0.15) is 0 Å². The van der Waals surface area contributed by atoms with Crippen LogP contribution < -0.4 is 4.74 Å². The van der Waals surface area contributed by atoms with E-state index in [9.17, 15) is 13.2 Å². The molecule has 0 saturated carbocycles. The zero-order chi connectivity index (χ0) is 10.2. The maximum absolute atomic E-state index is 11.9. The van der Waals surface area contributed by atoms with Crippen molar-refractivity contribution in [2.24, 2.45) is 0 Å². The van der Waals surface area contributed by atoms with E-state index in [1.165, 1.54) is 24.7 Å². The van der Waals surface area contributed by atoms with Gasteiger partial charge in [0.2, 0.25) is 0 Å². The molecule has 2 nitrogen and oxygen atoms in total. The standard InChI is InChI=1S/C9H5F3O2/c10-9(11,12)14-8-3-1-2-6-4-13-5-7(6)8/h1-5H. The van der Waals surface area contributed by atoms with E-state index < -0.39 is 6.36 Å². The second-order valence-corrected chi connectivity index (χ2v) is 2.68. The maximum Gasteiger partial charge on any atom is 0.573 e. The topological polar surface area (TPSA) is 22.4 Å². The van der Waals surface area contributed by atoms with E-state index in [2.05, 4.69) is 4.74 Å². The van der Waals surface area contributed by atoms with Crippen LogP contribution in [0.25, 0.3) is 10.8 Å². The minimum atomic E-state index is -4.68. The first kappa shape index (κ1) is 8.93. The van der Waals surface area contributed by atoms with Gasteiger partial charge in [0.05, 0.1) is 11.6 Å². The number of alkyl halides is 3. The Morgan fingerprint density at radius 1 is 1.14 bits per heavy atom. The number of benzene rings is 1. The molecule has 0 bridgehead atoms. The molecule has 5 heteroatoms. The number of hydrogen-bond donors (Lipinski definition) is 0. The molecule has 0 aliphatic heterocycles. The van der Waals surface area contributed by atoms with Gasteiger partial charge in [0.15, 0.2) is 0 Å². The molecule has 0 atom stereocenters. The van der Waals surface area contributed by atoms with Crippen molar-refractivity contribution in [3.8, 4) is 5.75 Å². The predicted octanol–water partition coefficient (Wildman–Crippen LogP) is 3.33. The highest BCUT2D eigenvalue weighted by Gasteiger charge is 2.31. The summed E-state index contributed by atoms with van der Waals surface area (Å²) in [5, 5.41) is 0.886.